The third kappa shape index (κ3) is 2.54. The molecule has 1 atom stereocenters. The number of benzene rings is 1. The predicted molar refractivity (Wildman–Crippen MR) is 76.5 cm³/mol. The number of anilines is 1. The molecule has 20 heavy (non-hydrogen) atoms. The normalized spacial score (nSPS) is 21.1. The summed E-state index contributed by atoms with van der Waals surface area (Å²) in [6, 6.07) is 7.76. The molecule has 2 aliphatic heterocycles. The summed E-state index contributed by atoms with van der Waals surface area (Å²) in [5.41, 5.74) is 2.05. The lowest BCUT2D eigenvalue weighted by atomic mass is 10.2. The van der Waals surface area contributed by atoms with E-state index in [1.807, 2.05) is 24.3 Å². The van der Waals surface area contributed by atoms with Crippen LogP contribution in [0.2, 0.25) is 0 Å². The van der Waals surface area contributed by atoms with Crippen LogP contribution in [0.3, 0.4) is 0 Å². The lowest BCUT2D eigenvalue weighted by molar-refractivity contribution is -0.123. The molecular formula is C15H19N3O2. The number of carbonyl (C=O) groups is 2. The second kappa shape index (κ2) is 5.63. The SMILES string of the molecule is O=C(NCCN1C(=O)Cc2ccccc21)C1CCCN1. The molecule has 2 heterocycles. The highest BCUT2D eigenvalue weighted by molar-refractivity contribution is 6.01. The quantitative estimate of drug-likeness (QED) is 0.837. The van der Waals surface area contributed by atoms with Crippen molar-refractivity contribution in [2.75, 3.05) is 24.5 Å². The van der Waals surface area contributed by atoms with Crippen molar-refractivity contribution >= 4 is 17.5 Å². The molecule has 2 amide bonds. The number of hydrogen-bond donors (Lipinski definition) is 2. The Balaban J connectivity index is 1.54. The van der Waals surface area contributed by atoms with Crippen molar-refractivity contribution < 1.29 is 9.59 Å². The number of para-hydroxylation sites is 1. The number of carbonyl (C=O) groups excluding carboxylic acids is 2. The van der Waals surface area contributed by atoms with Gasteiger partial charge in [0.05, 0.1) is 12.5 Å². The van der Waals surface area contributed by atoms with E-state index in [2.05, 4.69) is 10.6 Å². The standard InChI is InChI=1S/C15H19N3O2/c19-14-10-11-4-1-2-6-13(11)18(14)9-8-17-15(20)12-5-3-7-16-12/h1-2,4,6,12,16H,3,5,7-10H2,(H,17,20). The Kier molecular flexibility index (Phi) is 3.69. The lowest BCUT2D eigenvalue weighted by Gasteiger charge is -2.18. The summed E-state index contributed by atoms with van der Waals surface area (Å²) in [6.07, 6.45) is 2.42. The van der Waals surface area contributed by atoms with E-state index >= 15 is 0 Å². The first kappa shape index (κ1) is 13.1. The molecule has 0 radical (unpaired) electrons. The molecule has 2 aliphatic rings. The predicted octanol–water partition coefficient (Wildman–Crippen LogP) is 0.444. The van der Waals surface area contributed by atoms with Gasteiger partial charge in [-0.05, 0) is 31.0 Å². The van der Waals surface area contributed by atoms with Gasteiger partial charge in [0.1, 0.15) is 0 Å². The molecular weight excluding hydrogens is 254 g/mol. The molecule has 0 aromatic heterocycles. The van der Waals surface area contributed by atoms with Crippen LogP contribution in [0.1, 0.15) is 18.4 Å². The molecule has 1 unspecified atom stereocenters. The molecule has 106 valence electrons. The first-order valence-corrected chi connectivity index (χ1v) is 7.15. The van der Waals surface area contributed by atoms with E-state index in [0.29, 0.717) is 19.5 Å². The molecule has 1 aromatic carbocycles. The highest BCUT2D eigenvalue weighted by Gasteiger charge is 2.27. The molecule has 5 heteroatoms. The Bertz CT molecular complexity index is 524. The average molecular weight is 273 g/mol. The van der Waals surface area contributed by atoms with Crippen molar-refractivity contribution in [1.82, 2.24) is 10.6 Å². The third-order valence-electron chi connectivity index (χ3n) is 3.94. The Morgan fingerprint density at radius 1 is 1.40 bits per heavy atom. The van der Waals surface area contributed by atoms with Crippen LogP contribution in [0.4, 0.5) is 5.69 Å². The number of amides is 2. The minimum atomic E-state index is -0.0587. The number of nitrogens with one attached hydrogen (secondary N) is 2. The fraction of sp³-hybridized carbons (Fsp3) is 0.467. The van der Waals surface area contributed by atoms with E-state index in [-0.39, 0.29) is 17.9 Å². The van der Waals surface area contributed by atoms with Crippen molar-refractivity contribution in [2.24, 2.45) is 0 Å². The van der Waals surface area contributed by atoms with Gasteiger partial charge in [0.15, 0.2) is 0 Å². The van der Waals surface area contributed by atoms with Crippen LogP contribution in [-0.2, 0) is 16.0 Å². The van der Waals surface area contributed by atoms with Crippen molar-refractivity contribution in [3.05, 3.63) is 29.8 Å². The fourth-order valence-electron chi connectivity index (χ4n) is 2.88. The van der Waals surface area contributed by atoms with E-state index in [1.165, 1.54) is 0 Å². The molecule has 0 aliphatic carbocycles. The number of fused-ring (bicyclic) bond motifs is 1. The Labute approximate surface area is 118 Å². The van der Waals surface area contributed by atoms with Crippen LogP contribution in [0.15, 0.2) is 24.3 Å². The van der Waals surface area contributed by atoms with E-state index in [1.54, 1.807) is 4.90 Å². The van der Waals surface area contributed by atoms with Gasteiger partial charge in [-0.2, -0.15) is 0 Å². The first-order valence-electron chi connectivity index (χ1n) is 7.15. The van der Waals surface area contributed by atoms with E-state index < -0.39 is 0 Å². The summed E-state index contributed by atoms with van der Waals surface area (Å²) in [6.45, 7) is 1.95. The second-order valence-corrected chi connectivity index (χ2v) is 5.29. The van der Waals surface area contributed by atoms with Crippen molar-refractivity contribution in [2.45, 2.75) is 25.3 Å². The zero-order chi connectivity index (χ0) is 13.9. The van der Waals surface area contributed by atoms with Gasteiger partial charge in [-0.3, -0.25) is 9.59 Å². The highest BCUT2D eigenvalue weighted by atomic mass is 16.2. The van der Waals surface area contributed by atoms with E-state index in [4.69, 9.17) is 0 Å². The minimum absolute atomic E-state index is 0.0439. The van der Waals surface area contributed by atoms with E-state index in [0.717, 1.165) is 30.6 Å². The monoisotopic (exact) mass is 273 g/mol. The molecule has 1 saturated heterocycles. The van der Waals surface area contributed by atoms with Gasteiger partial charge in [-0.1, -0.05) is 18.2 Å². The second-order valence-electron chi connectivity index (χ2n) is 5.29. The summed E-state index contributed by atoms with van der Waals surface area (Å²) in [5, 5.41) is 6.07. The molecule has 1 fully saturated rings. The van der Waals surface area contributed by atoms with Gasteiger partial charge in [-0.25, -0.2) is 0 Å². The Hall–Kier alpha value is -1.88. The number of rotatable bonds is 4. The van der Waals surface area contributed by atoms with Crippen molar-refractivity contribution in [3.8, 4) is 0 Å². The maximum absolute atomic E-state index is 12.0. The largest absolute Gasteiger partial charge is 0.353 e. The number of nitrogens with zero attached hydrogens (tertiary/aromatic N) is 1. The third-order valence-corrected chi connectivity index (χ3v) is 3.94. The van der Waals surface area contributed by atoms with Gasteiger partial charge in [-0.15, -0.1) is 0 Å². The minimum Gasteiger partial charge on any atom is -0.353 e. The van der Waals surface area contributed by atoms with E-state index in [9.17, 15) is 9.59 Å². The molecule has 3 rings (SSSR count). The fourth-order valence-corrected chi connectivity index (χ4v) is 2.88. The number of hydrogen-bond acceptors (Lipinski definition) is 3. The molecule has 0 saturated carbocycles. The van der Waals surface area contributed by atoms with Gasteiger partial charge < -0.3 is 15.5 Å². The van der Waals surface area contributed by atoms with Gasteiger partial charge in [0.25, 0.3) is 0 Å². The maximum atomic E-state index is 12.0. The van der Waals surface area contributed by atoms with Crippen LogP contribution in [0.5, 0.6) is 0 Å². The van der Waals surface area contributed by atoms with Gasteiger partial charge in [0, 0.05) is 18.8 Å². The summed E-state index contributed by atoms with van der Waals surface area (Å²) in [7, 11) is 0. The lowest BCUT2D eigenvalue weighted by Crippen LogP contribution is -2.44. The molecule has 2 N–H and O–H groups in total. The van der Waals surface area contributed by atoms with Crippen LogP contribution in [0.25, 0.3) is 0 Å². The zero-order valence-corrected chi connectivity index (χ0v) is 11.4. The van der Waals surface area contributed by atoms with Crippen LogP contribution in [-0.4, -0.2) is 37.5 Å². The Morgan fingerprint density at radius 2 is 2.25 bits per heavy atom. The molecule has 0 bridgehead atoms. The van der Waals surface area contributed by atoms with Crippen LogP contribution in [0, 0.1) is 0 Å². The average Bonchev–Trinajstić information content (AvgIpc) is 3.07. The first-order chi connectivity index (χ1) is 9.75. The van der Waals surface area contributed by atoms with Crippen LogP contribution >= 0.6 is 0 Å². The topological polar surface area (TPSA) is 61.4 Å². The zero-order valence-electron chi connectivity index (χ0n) is 11.4. The van der Waals surface area contributed by atoms with Gasteiger partial charge in [0.2, 0.25) is 11.8 Å². The summed E-state index contributed by atoms with van der Waals surface area (Å²) >= 11 is 0. The maximum Gasteiger partial charge on any atom is 0.237 e. The molecule has 1 aromatic rings. The highest BCUT2D eigenvalue weighted by Crippen LogP contribution is 2.27. The van der Waals surface area contributed by atoms with Crippen LogP contribution < -0.4 is 15.5 Å². The Morgan fingerprint density at radius 3 is 3.05 bits per heavy atom. The van der Waals surface area contributed by atoms with Gasteiger partial charge >= 0.3 is 0 Å². The van der Waals surface area contributed by atoms with Crippen molar-refractivity contribution in [3.63, 3.8) is 0 Å². The summed E-state index contributed by atoms with van der Waals surface area (Å²) in [4.78, 5) is 25.6. The molecule has 0 spiro atoms. The molecule has 5 nitrogen and oxygen atoms in total. The smallest absolute Gasteiger partial charge is 0.237 e. The van der Waals surface area contributed by atoms with Crippen molar-refractivity contribution in [1.29, 1.82) is 0 Å². The summed E-state index contributed by atoms with van der Waals surface area (Å²) in [5.74, 6) is 0.155. The summed E-state index contributed by atoms with van der Waals surface area (Å²) < 4.78 is 0.